The molecule has 1 heterocycles. The number of aliphatic hydroxyl groups excluding tert-OH is 1. The third-order valence-corrected chi connectivity index (χ3v) is 6.46. The van der Waals surface area contributed by atoms with Crippen molar-refractivity contribution in [2.24, 2.45) is 5.73 Å². The molecule has 0 aromatic heterocycles. The fourth-order valence-electron chi connectivity index (χ4n) is 3.89. The Morgan fingerprint density at radius 3 is 1.58 bits per heavy atom. The van der Waals surface area contributed by atoms with E-state index < -0.39 is 105 Å². The number of nitrogens with zero attached hydrogens (tertiary/aromatic N) is 1. The molecule has 21 heteroatoms. The molecular formula is C29H38N10O11. The van der Waals surface area contributed by atoms with Crippen LogP contribution in [0.3, 0.4) is 0 Å². The number of anilines is 1. The third-order valence-electron chi connectivity index (χ3n) is 6.46. The van der Waals surface area contributed by atoms with Crippen LogP contribution in [0.5, 0.6) is 0 Å². The summed E-state index contributed by atoms with van der Waals surface area (Å²) < 4.78 is 0. The van der Waals surface area contributed by atoms with Crippen molar-refractivity contribution in [3.05, 3.63) is 42.0 Å². The average molecular weight is 703 g/mol. The van der Waals surface area contributed by atoms with Crippen molar-refractivity contribution in [1.82, 2.24) is 42.1 Å². The van der Waals surface area contributed by atoms with Crippen molar-refractivity contribution in [1.29, 1.82) is 0 Å². The van der Waals surface area contributed by atoms with Crippen molar-refractivity contribution in [2.45, 2.75) is 25.5 Å². The first-order chi connectivity index (χ1) is 23.8. The van der Waals surface area contributed by atoms with E-state index in [-0.39, 0.29) is 26.0 Å². The highest BCUT2D eigenvalue weighted by Gasteiger charge is 2.26. The van der Waals surface area contributed by atoms with E-state index >= 15 is 0 Å². The van der Waals surface area contributed by atoms with Crippen molar-refractivity contribution in [3.63, 3.8) is 0 Å². The van der Waals surface area contributed by atoms with Crippen LogP contribution in [0, 0.1) is 0 Å². The lowest BCUT2D eigenvalue weighted by Crippen LogP contribution is -2.49. The Morgan fingerprint density at radius 1 is 0.660 bits per heavy atom. The number of nitrogens with one attached hydrogen (secondary N) is 8. The molecule has 1 atom stereocenters. The number of urea groups is 1. The molecule has 0 radical (unpaired) electrons. The summed E-state index contributed by atoms with van der Waals surface area (Å²) in [5.74, 6) is -6.50. The van der Waals surface area contributed by atoms with Crippen molar-refractivity contribution >= 4 is 64.9 Å². The maximum absolute atomic E-state index is 12.8. The van der Waals surface area contributed by atoms with E-state index in [2.05, 4.69) is 42.5 Å². The fraction of sp³-hybridized carbons (Fsp3) is 0.379. The molecule has 1 unspecified atom stereocenters. The number of hydrogen-bond acceptors (Lipinski definition) is 11. The van der Waals surface area contributed by atoms with Crippen LogP contribution in [0.1, 0.15) is 18.4 Å². The zero-order valence-corrected chi connectivity index (χ0v) is 26.7. The van der Waals surface area contributed by atoms with E-state index in [4.69, 9.17) is 5.73 Å². The van der Waals surface area contributed by atoms with E-state index in [1.165, 1.54) is 0 Å². The van der Waals surface area contributed by atoms with Gasteiger partial charge in [-0.2, -0.15) is 0 Å². The average Bonchev–Trinajstić information content (AvgIpc) is 3.40. The Bertz CT molecular complexity index is 1480. The molecule has 1 aliphatic rings. The molecule has 270 valence electrons. The molecule has 0 bridgehead atoms. The molecule has 11 amide bonds. The zero-order valence-electron chi connectivity index (χ0n) is 26.7. The van der Waals surface area contributed by atoms with Gasteiger partial charge in [-0.1, -0.05) is 12.1 Å². The van der Waals surface area contributed by atoms with Gasteiger partial charge >= 0.3 is 6.03 Å². The summed E-state index contributed by atoms with van der Waals surface area (Å²) in [7, 11) is 0. The fourth-order valence-corrected chi connectivity index (χ4v) is 3.89. The van der Waals surface area contributed by atoms with E-state index in [0.29, 0.717) is 16.2 Å². The van der Waals surface area contributed by atoms with Gasteiger partial charge in [0.15, 0.2) is 0 Å². The molecule has 21 nitrogen and oxygen atoms in total. The van der Waals surface area contributed by atoms with Crippen LogP contribution in [-0.4, -0.2) is 121 Å². The Balaban J connectivity index is 1.66. The third kappa shape index (κ3) is 15.5. The van der Waals surface area contributed by atoms with Gasteiger partial charge in [-0.15, -0.1) is 0 Å². The topological polar surface area (TPSA) is 316 Å². The number of nitrogens with two attached hydrogens (primary N) is 1. The predicted octanol–water partition coefficient (Wildman–Crippen LogP) is -5.44. The van der Waals surface area contributed by atoms with Gasteiger partial charge in [0.2, 0.25) is 41.4 Å². The zero-order chi connectivity index (χ0) is 37.1. The Morgan fingerprint density at radius 2 is 1.12 bits per heavy atom. The highest BCUT2D eigenvalue weighted by molar-refractivity contribution is 6.14. The number of hydrogen-bond donors (Lipinski definition) is 10. The van der Waals surface area contributed by atoms with Gasteiger partial charge < -0.3 is 53.4 Å². The van der Waals surface area contributed by atoms with Crippen LogP contribution >= 0.6 is 0 Å². The quantitative estimate of drug-likeness (QED) is 0.0451. The Kier molecular flexibility index (Phi) is 16.5. The number of carbonyl (C=O) groups excluding carboxylic acids is 10. The molecule has 0 saturated heterocycles. The second-order valence-corrected chi connectivity index (χ2v) is 10.4. The van der Waals surface area contributed by atoms with Gasteiger partial charge in [0.25, 0.3) is 11.8 Å². The van der Waals surface area contributed by atoms with E-state index in [1.54, 1.807) is 24.3 Å². The van der Waals surface area contributed by atoms with Crippen LogP contribution < -0.4 is 48.3 Å². The number of rotatable bonds is 20. The molecule has 1 aromatic rings. The van der Waals surface area contributed by atoms with Crippen molar-refractivity contribution < 1.29 is 53.1 Å². The van der Waals surface area contributed by atoms with E-state index in [0.717, 1.165) is 12.2 Å². The number of imide groups is 1. The van der Waals surface area contributed by atoms with Gasteiger partial charge in [0, 0.05) is 24.4 Å². The molecule has 0 saturated carbocycles. The number of amides is 11. The van der Waals surface area contributed by atoms with Gasteiger partial charge in [-0.05, 0) is 30.5 Å². The molecule has 0 aliphatic carbocycles. The molecule has 0 spiro atoms. The molecule has 1 aromatic carbocycles. The Hall–Kier alpha value is -6.38. The highest BCUT2D eigenvalue weighted by atomic mass is 16.3. The van der Waals surface area contributed by atoms with E-state index in [9.17, 15) is 53.1 Å². The predicted molar refractivity (Wildman–Crippen MR) is 171 cm³/mol. The Labute approximate surface area is 284 Å². The van der Waals surface area contributed by atoms with Crippen molar-refractivity contribution in [3.8, 4) is 0 Å². The second-order valence-electron chi connectivity index (χ2n) is 10.4. The standard InChI is InChI=1S/C29H38N10O11/c30-29(50)31-9-1-2-19(28(49)37-18-5-3-17(16-40)4-6-18)38-24(45)14-35-22(43)12-33-20(41)10-32-21(42)11-34-23(44)13-36-25(46)15-39-26(47)7-8-27(39)48/h3-8,19,40H,1-2,9-16H2,(H,32,42)(H,33,41)(H,34,44)(H,35,43)(H,36,46)(H,37,49)(H,38,45)(H3,30,31,50). The van der Waals surface area contributed by atoms with E-state index in [1.807, 2.05) is 0 Å². The minimum absolute atomic E-state index is 0.103. The monoisotopic (exact) mass is 702 g/mol. The molecule has 0 fully saturated rings. The maximum Gasteiger partial charge on any atom is 0.312 e. The van der Waals surface area contributed by atoms with Gasteiger partial charge in [0.1, 0.15) is 12.6 Å². The minimum atomic E-state index is -1.06. The lowest BCUT2D eigenvalue weighted by atomic mass is 10.1. The summed E-state index contributed by atoms with van der Waals surface area (Å²) in [5, 5.41) is 27.7. The normalized spacial score (nSPS) is 12.3. The first-order valence-corrected chi connectivity index (χ1v) is 15.0. The van der Waals surface area contributed by atoms with Crippen LogP contribution in [0.2, 0.25) is 0 Å². The van der Waals surface area contributed by atoms with Crippen LogP contribution in [0.25, 0.3) is 0 Å². The van der Waals surface area contributed by atoms with Gasteiger partial charge in [-0.25, -0.2) is 4.79 Å². The van der Waals surface area contributed by atoms with Crippen LogP contribution in [0.4, 0.5) is 10.5 Å². The summed E-state index contributed by atoms with van der Waals surface area (Å²) >= 11 is 0. The van der Waals surface area contributed by atoms with Crippen LogP contribution in [0.15, 0.2) is 36.4 Å². The lowest BCUT2D eigenvalue weighted by Gasteiger charge is -2.19. The summed E-state index contributed by atoms with van der Waals surface area (Å²) in [4.78, 5) is 120. The van der Waals surface area contributed by atoms with Gasteiger partial charge in [-0.3, -0.25) is 48.1 Å². The number of aliphatic hydroxyl groups is 1. The SMILES string of the molecule is NC(=O)NCCCC(NC(=O)CNC(=O)CNC(=O)CNC(=O)CNC(=O)CNC(=O)CN1C(=O)C=CC1=O)C(=O)Nc1ccc(CO)cc1. The summed E-state index contributed by atoms with van der Waals surface area (Å²) in [5.41, 5.74) is 6.06. The molecule has 2 rings (SSSR count). The molecular weight excluding hydrogens is 664 g/mol. The van der Waals surface area contributed by atoms with Crippen molar-refractivity contribution in [2.75, 3.05) is 51.1 Å². The number of benzene rings is 1. The largest absolute Gasteiger partial charge is 0.392 e. The number of primary amides is 1. The minimum Gasteiger partial charge on any atom is -0.392 e. The second kappa shape index (κ2) is 20.8. The first-order valence-electron chi connectivity index (χ1n) is 15.0. The highest BCUT2D eigenvalue weighted by Crippen LogP contribution is 2.11. The molecule has 11 N–H and O–H groups in total. The lowest BCUT2D eigenvalue weighted by molar-refractivity contribution is -0.141. The smallest absolute Gasteiger partial charge is 0.312 e. The summed E-state index contributed by atoms with van der Waals surface area (Å²) in [6, 6.07) is 4.51. The summed E-state index contributed by atoms with van der Waals surface area (Å²) in [6.45, 7) is -3.40. The van der Waals surface area contributed by atoms with Gasteiger partial charge in [0.05, 0.1) is 39.3 Å². The maximum atomic E-state index is 12.8. The first kappa shape index (κ1) is 39.8. The molecule has 1 aliphatic heterocycles. The number of carbonyl (C=O) groups is 10. The summed E-state index contributed by atoms with van der Waals surface area (Å²) in [6.07, 6.45) is 2.38. The van der Waals surface area contributed by atoms with Crippen LogP contribution in [-0.2, 0) is 49.8 Å². The molecule has 50 heavy (non-hydrogen) atoms.